The molecule has 0 aliphatic heterocycles. The molecule has 1 aliphatic carbocycles. The Hall–Kier alpha value is -0.820. The summed E-state index contributed by atoms with van der Waals surface area (Å²) in [4.78, 5) is 0. The lowest BCUT2D eigenvalue weighted by Gasteiger charge is -2.45. The molecule has 0 bridgehead atoms. The first-order valence-electron chi connectivity index (χ1n) is 6.05. The number of rotatable bonds is 0. The largest absolute Gasteiger partial charge is 0.392 e. The van der Waals surface area contributed by atoms with Gasteiger partial charge < -0.3 is 5.11 Å². The maximum atomic E-state index is 10.3. The fraction of sp³-hybridized carbons (Fsp3) is 0.600. The van der Waals surface area contributed by atoms with Crippen LogP contribution in [0, 0.1) is 6.92 Å². The first-order valence-corrected chi connectivity index (χ1v) is 6.05. The average Bonchev–Trinajstić information content (AvgIpc) is 2.14. The molecule has 1 aliphatic rings. The van der Waals surface area contributed by atoms with Crippen LogP contribution in [-0.4, -0.2) is 11.2 Å². The van der Waals surface area contributed by atoms with E-state index in [1.165, 1.54) is 16.7 Å². The van der Waals surface area contributed by atoms with Crippen LogP contribution in [0.1, 0.15) is 50.8 Å². The van der Waals surface area contributed by atoms with E-state index in [9.17, 15) is 5.11 Å². The predicted molar refractivity (Wildman–Crippen MR) is 67.9 cm³/mol. The Kier molecular flexibility index (Phi) is 2.43. The summed E-state index contributed by atoms with van der Waals surface area (Å²) in [6.07, 6.45) is 0.590. The van der Waals surface area contributed by atoms with Crippen molar-refractivity contribution in [2.75, 3.05) is 0 Å². The molecule has 1 nitrogen and oxygen atoms in total. The van der Waals surface area contributed by atoms with Crippen LogP contribution >= 0.6 is 0 Å². The van der Waals surface area contributed by atoms with Gasteiger partial charge in [-0.05, 0) is 29.9 Å². The number of fused-ring (bicyclic) bond motifs is 1. The number of benzene rings is 1. The van der Waals surface area contributed by atoms with Crippen molar-refractivity contribution in [2.45, 2.75) is 58.0 Å². The molecular formula is C15H22O. The van der Waals surface area contributed by atoms with Crippen molar-refractivity contribution in [3.8, 4) is 0 Å². The van der Waals surface area contributed by atoms with Crippen LogP contribution in [0.25, 0.3) is 0 Å². The fourth-order valence-corrected chi connectivity index (χ4v) is 2.81. The Balaban J connectivity index is 2.68. The number of hydrogen-bond acceptors (Lipinski definition) is 1. The minimum atomic E-state index is -0.253. The molecule has 1 aromatic rings. The van der Waals surface area contributed by atoms with E-state index in [1.54, 1.807) is 0 Å². The van der Waals surface area contributed by atoms with Crippen molar-refractivity contribution in [3.05, 3.63) is 34.9 Å². The molecule has 0 fully saturated rings. The normalized spacial score (nSPS) is 26.2. The molecule has 0 amide bonds. The van der Waals surface area contributed by atoms with Gasteiger partial charge in [-0.1, -0.05) is 51.5 Å². The second-order valence-corrected chi connectivity index (χ2v) is 6.37. The van der Waals surface area contributed by atoms with Crippen molar-refractivity contribution in [2.24, 2.45) is 0 Å². The molecule has 0 heterocycles. The van der Waals surface area contributed by atoms with Crippen molar-refractivity contribution in [1.29, 1.82) is 0 Å². The minimum absolute atomic E-state index is 0.0813. The van der Waals surface area contributed by atoms with E-state index in [0.29, 0.717) is 0 Å². The monoisotopic (exact) mass is 218 g/mol. The van der Waals surface area contributed by atoms with Gasteiger partial charge in [-0.3, -0.25) is 0 Å². The first-order chi connectivity index (χ1) is 7.25. The smallest absolute Gasteiger partial charge is 0.0639 e. The topological polar surface area (TPSA) is 20.2 Å². The van der Waals surface area contributed by atoms with Gasteiger partial charge in [0.25, 0.3) is 0 Å². The molecule has 0 saturated carbocycles. The molecule has 1 atom stereocenters. The third-order valence-electron chi connectivity index (χ3n) is 4.14. The van der Waals surface area contributed by atoms with Crippen LogP contribution in [0.4, 0.5) is 0 Å². The van der Waals surface area contributed by atoms with Gasteiger partial charge in [-0.15, -0.1) is 0 Å². The Morgan fingerprint density at radius 1 is 1.12 bits per heavy atom. The highest BCUT2D eigenvalue weighted by atomic mass is 16.3. The standard InChI is InChI=1S/C15H22O/c1-10-6-7-11-12(8-10)15(4,5)13(16)9-14(11,2)3/h6-8,13,16H,9H2,1-5H3/t13-/m1/s1. The molecule has 0 radical (unpaired) electrons. The van der Waals surface area contributed by atoms with E-state index in [1.807, 2.05) is 0 Å². The molecule has 1 heteroatoms. The van der Waals surface area contributed by atoms with Crippen LogP contribution in [0.5, 0.6) is 0 Å². The van der Waals surface area contributed by atoms with Gasteiger partial charge in [-0.2, -0.15) is 0 Å². The van der Waals surface area contributed by atoms with Crippen molar-refractivity contribution < 1.29 is 5.11 Å². The van der Waals surface area contributed by atoms with Crippen LogP contribution < -0.4 is 0 Å². The van der Waals surface area contributed by atoms with Gasteiger partial charge in [0.2, 0.25) is 0 Å². The van der Waals surface area contributed by atoms with E-state index < -0.39 is 0 Å². The molecular weight excluding hydrogens is 196 g/mol. The summed E-state index contributed by atoms with van der Waals surface area (Å²) in [5.74, 6) is 0. The lowest BCUT2D eigenvalue weighted by molar-refractivity contribution is 0.0583. The van der Waals surface area contributed by atoms with Crippen LogP contribution in [0.3, 0.4) is 0 Å². The molecule has 0 unspecified atom stereocenters. The summed E-state index contributed by atoms with van der Waals surface area (Å²) in [5.41, 5.74) is 3.94. The van der Waals surface area contributed by atoms with Crippen molar-refractivity contribution in [3.63, 3.8) is 0 Å². The van der Waals surface area contributed by atoms with Gasteiger partial charge in [0.1, 0.15) is 0 Å². The van der Waals surface area contributed by atoms with Crippen LogP contribution in [0.2, 0.25) is 0 Å². The van der Waals surface area contributed by atoms with Crippen molar-refractivity contribution in [1.82, 2.24) is 0 Å². The zero-order chi connectivity index (χ0) is 12.1. The van der Waals surface area contributed by atoms with Crippen LogP contribution in [0.15, 0.2) is 18.2 Å². The van der Waals surface area contributed by atoms with Gasteiger partial charge in [0.05, 0.1) is 6.10 Å². The van der Waals surface area contributed by atoms with E-state index in [2.05, 4.69) is 52.8 Å². The number of aliphatic hydroxyl groups excluding tert-OH is 1. The van der Waals surface area contributed by atoms with E-state index in [4.69, 9.17) is 0 Å². The second-order valence-electron chi connectivity index (χ2n) is 6.37. The first kappa shape index (κ1) is 11.7. The number of aliphatic hydroxyl groups is 1. The van der Waals surface area contributed by atoms with Gasteiger partial charge in [0.15, 0.2) is 0 Å². The van der Waals surface area contributed by atoms with Gasteiger partial charge in [0, 0.05) is 5.41 Å². The maximum Gasteiger partial charge on any atom is 0.0639 e. The van der Waals surface area contributed by atoms with E-state index >= 15 is 0 Å². The highest BCUT2D eigenvalue weighted by Gasteiger charge is 2.43. The molecule has 0 spiro atoms. The summed E-state index contributed by atoms with van der Waals surface area (Å²) >= 11 is 0. The number of hydrogen-bond donors (Lipinski definition) is 1. The summed E-state index contributed by atoms with van der Waals surface area (Å²) in [7, 11) is 0. The molecule has 1 aromatic carbocycles. The summed E-state index contributed by atoms with van der Waals surface area (Å²) in [6, 6.07) is 6.64. The van der Waals surface area contributed by atoms with Gasteiger partial charge >= 0.3 is 0 Å². The molecule has 2 rings (SSSR count). The Morgan fingerprint density at radius 2 is 1.75 bits per heavy atom. The lowest BCUT2D eigenvalue weighted by atomic mass is 9.61. The maximum absolute atomic E-state index is 10.3. The zero-order valence-electron chi connectivity index (χ0n) is 11.0. The summed E-state index contributed by atoms with van der Waals surface area (Å²) in [6.45, 7) is 10.8. The van der Waals surface area contributed by atoms with E-state index in [-0.39, 0.29) is 16.9 Å². The lowest BCUT2D eigenvalue weighted by Crippen LogP contribution is -2.45. The fourth-order valence-electron chi connectivity index (χ4n) is 2.81. The average molecular weight is 218 g/mol. The van der Waals surface area contributed by atoms with Gasteiger partial charge in [-0.25, -0.2) is 0 Å². The molecule has 88 valence electrons. The predicted octanol–water partition coefficient (Wildman–Crippen LogP) is 3.31. The molecule has 0 saturated heterocycles. The Bertz CT molecular complexity index is 415. The number of aryl methyl sites for hydroxylation is 1. The molecule has 16 heavy (non-hydrogen) atoms. The SMILES string of the molecule is Cc1ccc2c(c1)C(C)(C)[C@H](O)CC2(C)C. The second kappa shape index (κ2) is 3.33. The highest BCUT2D eigenvalue weighted by molar-refractivity contribution is 5.44. The van der Waals surface area contributed by atoms with Crippen LogP contribution in [-0.2, 0) is 10.8 Å². The van der Waals surface area contributed by atoms with Crippen molar-refractivity contribution >= 4 is 0 Å². The Labute approximate surface area is 98.5 Å². The quantitative estimate of drug-likeness (QED) is 0.708. The molecule has 1 N–H and O–H groups in total. The Morgan fingerprint density at radius 3 is 2.38 bits per heavy atom. The third-order valence-corrected chi connectivity index (χ3v) is 4.14. The third kappa shape index (κ3) is 1.58. The molecule has 0 aromatic heterocycles. The zero-order valence-corrected chi connectivity index (χ0v) is 11.0. The summed E-state index contributed by atoms with van der Waals surface area (Å²) < 4.78 is 0. The minimum Gasteiger partial charge on any atom is -0.392 e. The summed E-state index contributed by atoms with van der Waals surface area (Å²) in [5, 5.41) is 10.3. The highest BCUT2D eigenvalue weighted by Crippen LogP contribution is 2.45. The van der Waals surface area contributed by atoms with E-state index in [0.717, 1.165) is 6.42 Å².